The first-order chi connectivity index (χ1) is 4.58. The Morgan fingerprint density at radius 2 is 1.82 bits per heavy atom. The Balaban J connectivity index is 0.000001000. The minimum Gasteiger partial charge on any atom is -0.445 e. The largest absolute Gasteiger partial charge is 1.00 e. The molecule has 0 aromatic heterocycles. The maximum Gasteiger partial charge on any atom is 1.00 e. The molecular formula is C5H7BF3KO. The van der Waals surface area contributed by atoms with Gasteiger partial charge in [-0.05, 0) is 0 Å². The molecule has 0 spiro atoms. The van der Waals surface area contributed by atoms with Crippen LogP contribution in [0.5, 0.6) is 0 Å². The van der Waals surface area contributed by atoms with Crippen LogP contribution in [0.25, 0.3) is 0 Å². The molecule has 0 atom stereocenters. The zero-order valence-electron chi connectivity index (χ0n) is 6.27. The fourth-order valence-corrected chi connectivity index (χ4v) is 0.648. The van der Waals surface area contributed by atoms with Crippen molar-refractivity contribution in [1.29, 1.82) is 0 Å². The van der Waals surface area contributed by atoms with E-state index in [2.05, 4.69) is 4.74 Å². The molecule has 0 aromatic rings. The van der Waals surface area contributed by atoms with E-state index in [1.165, 1.54) is 6.08 Å². The Morgan fingerprint density at radius 3 is 2.09 bits per heavy atom. The van der Waals surface area contributed by atoms with Gasteiger partial charge in [-0.3, -0.25) is 0 Å². The first-order valence-electron chi connectivity index (χ1n) is 3.05. The summed E-state index contributed by atoms with van der Waals surface area (Å²) in [4.78, 5) is 0. The summed E-state index contributed by atoms with van der Waals surface area (Å²) in [7, 11) is 0. The van der Waals surface area contributed by atoms with Gasteiger partial charge in [0.2, 0.25) is 0 Å². The number of rotatable bonds is 2. The van der Waals surface area contributed by atoms with E-state index in [0.29, 0.717) is 19.2 Å². The van der Waals surface area contributed by atoms with Gasteiger partial charge in [0.1, 0.15) is 0 Å². The quantitative estimate of drug-likeness (QED) is 0.485. The standard InChI is InChI=1S/C5H7BF3O.K/c7-6(8,9)2-1-5-3-10-4-5;/h1-2,5H,3-4H2;/q-1;+1/b2-1+;. The summed E-state index contributed by atoms with van der Waals surface area (Å²) in [6.45, 7) is -3.87. The van der Waals surface area contributed by atoms with E-state index in [0.717, 1.165) is 0 Å². The molecule has 1 aliphatic heterocycles. The SMILES string of the molecule is F[B-](F)(F)/C=C/C1COC1.[K+]. The Labute approximate surface area is 106 Å². The van der Waals surface area contributed by atoms with Crippen LogP contribution >= 0.6 is 0 Å². The average molecular weight is 190 g/mol. The molecule has 1 nitrogen and oxygen atoms in total. The second-order valence-corrected chi connectivity index (χ2v) is 2.31. The molecule has 1 rings (SSSR count). The van der Waals surface area contributed by atoms with Gasteiger partial charge in [-0.2, -0.15) is 0 Å². The van der Waals surface area contributed by atoms with E-state index in [1.807, 2.05) is 0 Å². The van der Waals surface area contributed by atoms with Crippen molar-refractivity contribution in [3.8, 4) is 0 Å². The van der Waals surface area contributed by atoms with Gasteiger partial charge in [-0.25, -0.2) is 0 Å². The smallest absolute Gasteiger partial charge is 0.445 e. The summed E-state index contributed by atoms with van der Waals surface area (Å²) in [6, 6.07) is 0. The predicted octanol–water partition coefficient (Wildman–Crippen LogP) is -1.42. The maximum absolute atomic E-state index is 11.5. The van der Waals surface area contributed by atoms with Crippen molar-refractivity contribution in [3.05, 3.63) is 12.1 Å². The van der Waals surface area contributed by atoms with Gasteiger partial charge < -0.3 is 17.7 Å². The van der Waals surface area contributed by atoms with Gasteiger partial charge in [0.25, 0.3) is 0 Å². The molecule has 1 heterocycles. The summed E-state index contributed by atoms with van der Waals surface area (Å²) >= 11 is 0. The van der Waals surface area contributed by atoms with E-state index >= 15 is 0 Å². The zero-order chi connectivity index (χ0) is 7.61. The average Bonchev–Trinajstić information content (AvgIpc) is 1.56. The molecule has 0 amide bonds. The number of hydrogen-bond acceptors (Lipinski definition) is 1. The summed E-state index contributed by atoms with van der Waals surface area (Å²) in [6.07, 6.45) is 1.17. The van der Waals surface area contributed by atoms with Gasteiger partial charge in [-0.15, -0.1) is 12.1 Å². The number of hydrogen-bond donors (Lipinski definition) is 0. The van der Waals surface area contributed by atoms with Crippen LogP contribution in [0.2, 0.25) is 0 Å². The van der Waals surface area contributed by atoms with Crippen LogP contribution in [0.3, 0.4) is 0 Å². The third-order valence-electron chi connectivity index (χ3n) is 1.27. The maximum atomic E-state index is 11.5. The molecule has 0 unspecified atom stereocenters. The summed E-state index contributed by atoms with van der Waals surface area (Å²) in [5.74, 6) is 0.316. The minimum atomic E-state index is -4.74. The van der Waals surface area contributed by atoms with Crippen molar-refractivity contribution >= 4 is 6.98 Å². The minimum absolute atomic E-state index is 0. The Morgan fingerprint density at radius 1 is 1.27 bits per heavy atom. The molecule has 58 valence electrons. The van der Waals surface area contributed by atoms with E-state index in [4.69, 9.17) is 0 Å². The normalized spacial score (nSPS) is 19.5. The summed E-state index contributed by atoms with van der Waals surface area (Å²) in [5.41, 5.74) is 0. The van der Waals surface area contributed by atoms with Crippen LogP contribution in [-0.2, 0) is 4.74 Å². The molecular weight excluding hydrogens is 183 g/mol. The molecule has 1 aliphatic rings. The number of ether oxygens (including phenoxy) is 1. The van der Waals surface area contributed by atoms with Crippen molar-refractivity contribution in [2.45, 2.75) is 0 Å². The van der Waals surface area contributed by atoms with E-state index in [9.17, 15) is 12.9 Å². The molecule has 6 heteroatoms. The van der Waals surface area contributed by atoms with Gasteiger partial charge >= 0.3 is 58.4 Å². The van der Waals surface area contributed by atoms with Gasteiger partial charge in [0.05, 0.1) is 13.2 Å². The molecule has 0 saturated carbocycles. The van der Waals surface area contributed by atoms with E-state index in [-0.39, 0.29) is 57.3 Å². The van der Waals surface area contributed by atoms with Crippen molar-refractivity contribution < 1.29 is 69.1 Å². The Kier molecular flexibility index (Phi) is 5.58. The van der Waals surface area contributed by atoms with Crippen LogP contribution in [0.15, 0.2) is 12.1 Å². The van der Waals surface area contributed by atoms with Gasteiger partial charge in [0, 0.05) is 5.92 Å². The third-order valence-corrected chi connectivity index (χ3v) is 1.27. The van der Waals surface area contributed by atoms with Gasteiger partial charge in [0.15, 0.2) is 0 Å². The molecule has 0 N–H and O–H groups in total. The van der Waals surface area contributed by atoms with E-state index in [1.54, 1.807) is 0 Å². The first-order valence-corrected chi connectivity index (χ1v) is 3.05. The monoisotopic (exact) mass is 190 g/mol. The number of halogens is 3. The third kappa shape index (κ3) is 5.43. The molecule has 0 bridgehead atoms. The molecule has 11 heavy (non-hydrogen) atoms. The zero-order valence-corrected chi connectivity index (χ0v) is 9.39. The summed E-state index contributed by atoms with van der Waals surface area (Å²) in [5, 5.41) is 0. The van der Waals surface area contributed by atoms with Crippen molar-refractivity contribution in [2.24, 2.45) is 5.92 Å². The molecule has 1 fully saturated rings. The Bertz CT molecular complexity index is 143. The molecule has 0 aromatic carbocycles. The van der Waals surface area contributed by atoms with Crippen LogP contribution < -0.4 is 51.4 Å². The van der Waals surface area contributed by atoms with Crippen LogP contribution in [-0.4, -0.2) is 20.2 Å². The second-order valence-electron chi connectivity index (χ2n) is 2.31. The fraction of sp³-hybridized carbons (Fsp3) is 0.600. The Hall–Kier alpha value is 1.19. The topological polar surface area (TPSA) is 9.23 Å². The van der Waals surface area contributed by atoms with Crippen molar-refractivity contribution in [3.63, 3.8) is 0 Å². The van der Waals surface area contributed by atoms with Crippen LogP contribution in [0.1, 0.15) is 0 Å². The van der Waals surface area contributed by atoms with Crippen LogP contribution in [0.4, 0.5) is 12.9 Å². The van der Waals surface area contributed by atoms with Crippen LogP contribution in [0, 0.1) is 5.92 Å². The van der Waals surface area contributed by atoms with Gasteiger partial charge in [-0.1, -0.05) is 0 Å². The van der Waals surface area contributed by atoms with Crippen molar-refractivity contribution in [1.82, 2.24) is 0 Å². The predicted molar refractivity (Wildman–Crippen MR) is 32.5 cm³/mol. The van der Waals surface area contributed by atoms with E-state index < -0.39 is 6.98 Å². The second kappa shape index (κ2) is 5.04. The molecule has 1 saturated heterocycles. The molecule has 0 radical (unpaired) electrons. The molecule has 0 aliphatic carbocycles. The van der Waals surface area contributed by atoms with Crippen molar-refractivity contribution in [2.75, 3.05) is 13.2 Å². The first kappa shape index (κ1) is 12.2. The summed E-state index contributed by atoms with van der Waals surface area (Å²) < 4.78 is 39.2. The fourth-order valence-electron chi connectivity index (χ4n) is 0.648.